The molecule has 1 amide bonds. The van der Waals surface area contributed by atoms with Gasteiger partial charge < -0.3 is 19.5 Å². The molecule has 39 heavy (non-hydrogen) atoms. The highest BCUT2D eigenvalue weighted by Gasteiger charge is 2.66. The third kappa shape index (κ3) is 3.95. The monoisotopic (exact) mass is 532 g/mol. The molecule has 0 aliphatic heterocycles. The van der Waals surface area contributed by atoms with E-state index in [4.69, 9.17) is 4.42 Å². The van der Waals surface area contributed by atoms with Crippen molar-refractivity contribution < 1.29 is 24.2 Å². The molecule has 2 N–H and O–H groups in total. The van der Waals surface area contributed by atoms with E-state index >= 15 is 0 Å². The standard InChI is InChI=1S/C32H40N2O5/c1-20(34(19-21-6-4-14-33-18-21)29(37)28-7-5-15-39-28)23-10-13-32(38)25-17-27(36)26-16-22(35)8-11-30(26,2)24(25)9-12-31(23,32)3/h4-7,14-15,17-18,20,22-24,26,35,38H,8-13,16,19H2,1-3H3/t20?,22?,23?,24?,26?,30?,31?,32-/m1/s1. The number of fused-ring (bicyclic) bond motifs is 5. The summed E-state index contributed by atoms with van der Waals surface area (Å²) in [4.78, 5) is 33.3. The maximum absolute atomic E-state index is 13.7. The maximum atomic E-state index is 13.7. The number of carbonyl (C=O) groups excluding carboxylic acids is 2. The summed E-state index contributed by atoms with van der Waals surface area (Å²) in [6, 6.07) is 7.08. The van der Waals surface area contributed by atoms with E-state index in [0.29, 0.717) is 31.6 Å². The maximum Gasteiger partial charge on any atom is 0.290 e. The van der Waals surface area contributed by atoms with Gasteiger partial charge in [-0.15, -0.1) is 0 Å². The number of rotatable bonds is 5. The lowest BCUT2D eigenvalue weighted by Gasteiger charge is -2.60. The lowest BCUT2D eigenvalue weighted by atomic mass is 9.46. The van der Waals surface area contributed by atoms with Crippen LogP contribution in [0.5, 0.6) is 0 Å². The number of aliphatic hydroxyl groups is 2. The molecular weight excluding hydrogens is 492 g/mol. The van der Waals surface area contributed by atoms with Crippen molar-refractivity contribution in [1.82, 2.24) is 9.88 Å². The van der Waals surface area contributed by atoms with E-state index in [9.17, 15) is 19.8 Å². The number of furan rings is 1. The average Bonchev–Trinajstić information content (AvgIpc) is 3.55. The smallest absolute Gasteiger partial charge is 0.290 e. The van der Waals surface area contributed by atoms with Crippen molar-refractivity contribution in [2.75, 3.05) is 0 Å². The van der Waals surface area contributed by atoms with Gasteiger partial charge in [-0.2, -0.15) is 0 Å². The molecule has 2 aromatic heterocycles. The molecule has 3 saturated carbocycles. The molecule has 3 fully saturated rings. The van der Waals surface area contributed by atoms with Gasteiger partial charge in [-0.05, 0) is 105 Å². The second-order valence-electron chi connectivity index (χ2n) is 13.0. The molecule has 8 atom stereocenters. The van der Waals surface area contributed by atoms with E-state index in [1.807, 2.05) is 17.0 Å². The van der Waals surface area contributed by atoms with E-state index in [-0.39, 0.29) is 40.9 Å². The summed E-state index contributed by atoms with van der Waals surface area (Å²) < 4.78 is 5.51. The largest absolute Gasteiger partial charge is 0.459 e. The third-order valence-electron chi connectivity index (χ3n) is 11.3. The SMILES string of the molecule is CC(C1CC[C@@]2(O)C3=CC(=O)C4CC(O)CCC4(C)C3CCC12C)N(Cc1cccnc1)C(=O)c1ccco1. The molecular formula is C32H40N2O5. The Morgan fingerprint density at radius 2 is 1.97 bits per heavy atom. The molecule has 7 unspecified atom stereocenters. The summed E-state index contributed by atoms with van der Waals surface area (Å²) in [5.74, 6) is 0.173. The second kappa shape index (κ2) is 9.41. The number of ketones is 1. The molecule has 7 nitrogen and oxygen atoms in total. The van der Waals surface area contributed by atoms with Gasteiger partial charge in [0.2, 0.25) is 0 Å². The topological polar surface area (TPSA) is 104 Å². The van der Waals surface area contributed by atoms with Crippen LogP contribution in [0.3, 0.4) is 0 Å². The lowest BCUT2D eigenvalue weighted by molar-refractivity contribution is -0.141. The third-order valence-corrected chi connectivity index (χ3v) is 11.3. The Hall–Kier alpha value is -2.77. The molecule has 4 aliphatic carbocycles. The summed E-state index contributed by atoms with van der Waals surface area (Å²) in [7, 11) is 0. The van der Waals surface area contributed by atoms with Crippen molar-refractivity contribution in [3.63, 3.8) is 0 Å². The number of hydrogen-bond donors (Lipinski definition) is 2. The second-order valence-corrected chi connectivity index (χ2v) is 13.0. The average molecular weight is 533 g/mol. The van der Waals surface area contributed by atoms with Gasteiger partial charge >= 0.3 is 0 Å². The van der Waals surface area contributed by atoms with Crippen LogP contribution in [0.2, 0.25) is 0 Å². The number of aliphatic hydroxyl groups excluding tert-OH is 1. The number of hydrogen-bond acceptors (Lipinski definition) is 6. The summed E-state index contributed by atoms with van der Waals surface area (Å²) in [6.45, 7) is 6.86. The number of nitrogens with zero attached hydrogens (tertiary/aromatic N) is 2. The molecule has 208 valence electrons. The van der Waals surface area contributed by atoms with Crippen LogP contribution in [0.1, 0.15) is 81.8 Å². The van der Waals surface area contributed by atoms with E-state index in [1.54, 1.807) is 30.6 Å². The Morgan fingerprint density at radius 1 is 1.15 bits per heavy atom. The van der Waals surface area contributed by atoms with E-state index < -0.39 is 17.1 Å². The van der Waals surface area contributed by atoms with Crippen molar-refractivity contribution in [1.29, 1.82) is 0 Å². The van der Waals surface area contributed by atoms with Crippen LogP contribution in [-0.4, -0.2) is 49.5 Å². The predicted octanol–water partition coefficient (Wildman–Crippen LogP) is 4.94. The van der Waals surface area contributed by atoms with Gasteiger partial charge in [0.1, 0.15) is 0 Å². The van der Waals surface area contributed by atoms with Crippen LogP contribution in [0.15, 0.2) is 59.0 Å². The summed E-state index contributed by atoms with van der Waals surface area (Å²) >= 11 is 0. The zero-order valence-corrected chi connectivity index (χ0v) is 23.2. The Balaban J connectivity index is 1.34. The zero-order valence-electron chi connectivity index (χ0n) is 23.2. The summed E-state index contributed by atoms with van der Waals surface area (Å²) in [5, 5.41) is 22.9. The van der Waals surface area contributed by atoms with Gasteiger partial charge in [0.25, 0.3) is 5.91 Å². The van der Waals surface area contributed by atoms with Crippen LogP contribution in [0.4, 0.5) is 0 Å². The predicted molar refractivity (Wildman–Crippen MR) is 145 cm³/mol. The molecule has 0 aromatic carbocycles. The highest BCUT2D eigenvalue weighted by atomic mass is 16.3. The molecule has 0 bridgehead atoms. The first-order valence-corrected chi connectivity index (χ1v) is 14.5. The van der Waals surface area contributed by atoms with Crippen molar-refractivity contribution >= 4 is 11.7 Å². The first kappa shape index (κ1) is 26.5. The molecule has 0 spiro atoms. The molecule has 7 heteroatoms. The molecule has 2 heterocycles. The number of amides is 1. The fourth-order valence-corrected chi connectivity index (χ4v) is 8.98. The Kier molecular flexibility index (Phi) is 6.38. The minimum Gasteiger partial charge on any atom is -0.459 e. The molecule has 6 rings (SSSR count). The molecule has 0 saturated heterocycles. The fraction of sp³-hybridized carbons (Fsp3) is 0.594. The fourth-order valence-electron chi connectivity index (χ4n) is 8.98. The normalized spacial score (nSPS) is 38.3. The summed E-state index contributed by atoms with van der Waals surface area (Å²) in [5.41, 5.74) is 0.0290. The highest BCUT2D eigenvalue weighted by molar-refractivity contribution is 5.95. The van der Waals surface area contributed by atoms with Crippen molar-refractivity contribution in [2.45, 2.75) is 90.0 Å². The number of aromatic nitrogens is 1. The zero-order chi connectivity index (χ0) is 27.6. The van der Waals surface area contributed by atoms with Gasteiger partial charge in [-0.1, -0.05) is 19.9 Å². The van der Waals surface area contributed by atoms with Crippen molar-refractivity contribution in [3.05, 3.63) is 65.9 Å². The van der Waals surface area contributed by atoms with E-state index in [2.05, 4.69) is 25.8 Å². The lowest BCUT2D eigenvalue weighted by Crippen LogP contribution is -2.60. The Morgan fingerprint density at radius 3 is 2.69 bits per heavy atom. The van der Waals surface area contributed by atoms with Gasteiger partial charge in [0, 0.05) is 36.3 Å². The van der Waals surface area contributed by atoms with E-state index in [0.717, 1.165) is 36.8 Å². The van der Waals surface area contributed by atoms with Gasteiger partial charge in [0.15, 0.2) is 11.5 Å². The number of pyridine rings is 1. The van der Waals surface area contributed by atoms with Crippen LogP contribution < -0.4 is 0 Å². The van der Waals surface area contributed by atoms with Crippen LogP contribution in [-0.2, 0) is 11.3 Å². The number of carbonyl (C=O) groups is 2. The molecule has 0 radical (unpaired) electrons. The minimum absolute atomic E-state index is 0.0359. The number of allylic oxidation sites excluding steroid dienone is 1. The van der Waals surface area contributed by atoms with Crippen molar-refractivity contribution in [2.24, 2.45) is 28.6 Å². The first-order valence-electron chi connectivity index (χ1n) is 14.5. The molecule has 2 aromatic rings. The minimum atomic E-state index is -1.09. The Bertz CT molecular complexity index is 1270. The van der Waals surface area contributed by atoms with Crippen LogP contribution in [0.25, 0.3) is 0 Å². The summed E-state index contributed by atoms with van der Waals surface area (Å²) in [6.07, 6.45) is 11.4. The van der Waals surface area contributed by atoms with Gasteiger partial charge in [-0.3, -0.25) is 14.6 Å². The Labute approximate surface area is 230 Å². The quantitative estimate of drug-likeness (QED) is 0.565. The van der Waals surface area contributed by atoms with Gasteiger partial charge in [0.05, 0.1) is 18.0 Å². The molecule has 4 aliphatic rings. The van der Waals surface area contributed by atoms with Crippen LogP contribution >= 0.6 is 0 Å². The first-order chi connectivity index (χ1) is 18.6. The highest BCUT2D eigenvalue weighted by Crippen LogP contribution is 2.67. The van der Waals surface area contributed by atoms with Gasteiger partial charge in [-0.25, -0.2) is 0 Å². The van der Waals surface area contributed by atoms with Crippen LogP contribution in [0, 0.1) is 28.6 Å². The van der Waals surface area contributed by atoms with E-state index in [1.165, 1.54) is 6.26 Å². The van der Waals surface area contributed by atoms with Crippen molar-refractivity contribution in [3.8, 4) is 0 Å².